The molecule has 0 unspecified atom stereocenters. The molecule has 2 atom stereocenters. The second-order valence-corrected chi connectivity index (χ2v) is 5.07. The summed E-state index contributed by atoms with van der Waals surface area (Å²) < 4.78 is 0. The summed E-state index contributed by atoms with van der Waals surface area (Å²) in [5.41, 5.74) is 2.55. The van der Waals surface area contributed by atoms with Gasteiger partial charge in [0.1, 0.15) is 11.5 Å². The molecule has 2 heteroatoms. The van der Waals surface area contributed by atoms with Crippen molar-refractivity contribution in [3.05, 3.63) is 29.3 Å². The average Bonchev–Trinajstić information content (AvgIpc) is 2.28. The number of carbonyl (C=O) groups is 1. The van der Waals surface area contributed by atoms with Gasteiger partial charge in [-0.3, -0.25) is 4.79 Å². The smallest absolute Gasteiger partial charge is 0.133 e. The van der Waals surface area contributed by atoms with Gasteiger partial charge in [-0.05, 0) is 54.4 Å². The number of carbonyl (C=O) groups excluding carboxylic acids is 1. The fourth-order valence-corrected chi connectivity index (χ4v) is 3.28. The van der Waals surface area contributed by atoms with Gasteiger partial charge in [-0.1, -0.05) is 6.07 Å². The van der Waals surface area contributed by atoms with Gasteiger partial charge in [0.15, 0.2) is 0 Å². The van der Waals surface area contributed by atoms with E-state index in [0.29, 0.717) is 29.8 Å². The number of phenolic OH excluding ortho intramolecular Hbond substituents is 1. The van der Waals surface area contributed by atoms with Crippen molar-refractivity contribution in [3.63, 3.8) is 0 Å². The van der Waals surface area contributed by atoms with Crippen molar-refractivity contribution in [2.24, 2.45) is 5.92 Å². The summed E-state index contributed by atoms with van der Waals surface area (Å²) in [6.07, 6.45) is 4.77. The molecule has 0 spiro atoms. The molecule has 16 heavy (non-hydrogen) atoms. The average molecular weight is 216 g/mol. The number of aromatic hydroxyl groups is 1. The van der Waals surface area contributed by atoms with Crippen LogP contribution in [0.5, 0.6) is 5.75 Å². The van der Waals surface area contributed by atoms with Crippen molar-refractivity contribution >= 4 is 5.78 Å². The normalized spacial score (nSPS) is 28.4. The highest BCUT2D eigenvalue weighted by atomic mass is 16.3. The molecule has 0 saturated heterocycles. The first-order chi connectivity index (χ1) is 7.74. The quantitative estimate of drug-likeness (QED) is 0.724. The first kappa shape index (κ1) is 9.88. The van der Waals surface area contributed by atoms with Gasteiger partial charge in [0, 0.05) is 12.8 Å². The standard InChI is InChI=1S/C14H16O2/c15-11-5-6-13-10(7-11)2-1-9-3-4-12(16)8-14(9)13/h5-7,9,14-15H,1-4,8H2/t9-,14-/m0/s1. The summed E-state index contributed by atoms with van der Waals surface area (Å²) in [5.74, 6) is 1.86. The maximum atomic E-state index is 11.5. The summed E-state index contributed by atoms with van der Waals surface area (Å²) in [5, 5.41) is 9.47. The molecule has 0 heterocycles. The summed E-state index contributed by atoms with van der Waals surface area (Å²) in [4.78, 5) is 11.5. The molecule has 0 amide bonds. The van der Waals surface area contributed by atoms with E-state index >= 15 is 0 Å². The number of Topliss-reactive ketones (excluding diaryl/α,β-unsaturated/α-hetero) is 1. The maximum absolute atomic E-state index is 11.5. The van der Waals surface area contributed by atoms with Crippen LogP contribution in [0.3, 0.4) is 0 Å². The van der Waals surface area contributed by atoms with Gasteiger partial charge < -0.3 is 5.11 Å². The third-order valence-corrected chi connectivity index (χ3v) is 4.12. The lowest BCUT2D eigenvalue weighted by atomic mass is 9.68. The number of hydrogen-bond acceptors (Lipinski definition) is 2. The van der Waals surface area contributed by atoms with Crippen LogP contribution >= 0.6 is 0 Å². The minimum absolute atomic E-state index is 0.347. The Balaban J connectivity index is 2.00. The van der Waals surface area contributed by atoms with Gasteiger partial charge in [0.25, 0.3) is 0 Å². The molecule has 1 N–H and O–H groups in total. The summed E-state index contributed by atoms with van der Waals surface area (Å²) in [6, 6.07) is 5.63. The zero-order valence-corrected chi connectivity index (χ0v) is 9.28. The minimum Gasteiger partial charge on any atom is -0.508 e. The number of benzene rings is 1. The Morgan fingerprint density at radius 1 is 1.19 bits per heavy atom. The SMILES string of the molecule is O=C1CC[C@@H]2CCc3cc(O)ccc3[C@H]2C1. The molecular weight excluding hydrogens is 200 g/mol. The second-order valence-electron chi connectivity index (χ2n) is 5.07. The van der Waals surface area contributed by atoms with Crippen molar-refractivity contribution in [1.29, 1.82) is 0 Å². The highest BCUT2D eigenvalue weighted by Gasteiger charge is 2.34. The van der Waals surface area contributed by atoms with Crippen molar-refractivity contribution in [3.8, 4) is 5.75 Å². The third kappa shape index (κ3) is 1.53. The highest BCUT2D eigenvalue weighted by molar-refractivity contribution is 5.80. The topological polar surface area (TPSA) is 37.3 Å². The van der Waals surface area contributed by atoms with Gasteiger partial charge in [-0.2, -0.15) is 0 Å². The van der Waals surface area contributed by atoms with Gasteiger partial charge in [-0.25, -0.2) is 0 Å². The predicted octanol–water partition coefficient (Wildman–Crippen LogP) is 2.79. The van der Waals surface area contributed by atoms with E-state index in [1.807, 2.05) is 12.1 Å². The zero-order chi connectivity index (χ0) is 11.1. The number of rotatable bonds is 0. The molecule has 1 saturated carbocycles. The maximum Gasteiger partial charge on any atom is 0.133 e. The monoisotopic (exact) mass is 216 g/mol. The Morgan fingerprint density at radius 2 is 2.00 bits per heavy atom. The van der Waals surface area contributed by atoms with Crippen molar-refractivity contribution in [2.75, 3.05) is 0 Å². The second kappa shape index (κ2) is 3.62. The number of ketones is 1. The summed E-state index contributed by atoms with van der Waals surface area (Å²) in [7, 11) is 0. The lowest BCUT2D eigenvalue weighted by Gasteiger charge is -2.36. The van der Waals surface area contributed by atoms with Gasteiger partial charge in [0.05, 0.1) is 0 Å². The van der Waals surface area contributed by atoms with E-state index < -0.39 is 0 Å². The number of fused-ring (bicyclic) bond motifs is 3. The molecule has 0 aromatic heterocycles. The van der Waals surface area contributed by atoms with Crippen molar-refractivity contribution in [1.82, 2.24) is 0 Å². The van der Waals surface area contributed by atoms with Crippen LogP contribution in [-0.4, -0.2) is 10.9 Å². The molecule has 84 valence electrons. The van der Waals surface area contributed by atoms with E-state index in [0.717, 1.165) is 19.3 Å². The molecule has 2 aliphatic carbocycles. The Hall–Kier alpha value is -1.31. The summed E-state index contributed by atoms with van der Waals surface area (Å²) >= 11 is 0. The van der Waals surface area contributed by atoms with Gasteiger partial charge >= 0.3 is 0 Å². The number of aryl methyl sites for hydroxylation is 1. The zero-order valence-electron chi connectivity index (χ0n) is 9.28. The van der Waals surface area contributed by atoms with Crippen molar-refractivity contribution < 1.29 is 9.90 Å². The number of phenols is 1. The highest BCUT2D eigenvalue weighted by Crippen LogP contribution is 2.44. The molecule has 1 aromatic carbocycles. The molecule has 0 bridgehead atoms. The van der Waals surface area contributed by atoms with E-state index in [4.69, 9.17) is 0 Å². The molecular formula is C14H16O2. The first-order valence-corrected chi connectivity index (χ1v) is 6.07. The molecule has 1 fully saturated rings. The Morgan fingerprint density at radius 3 is 2.88 bits per heavy atom. The van der Waals surface area contributed by atoms with Crippen LogP contribution in [-0.2, 0) is 11.2 Å². The van der Waals surface area contributed by atoms with E-state index in [2.05, 4.69) is 0 Å². The van der Waals surface area contributed by atoms with Crippen molar-refractivity contribution in [2.45, 2.75) is 38.0 Å². The minimum atomic E-state index is 0.347. The van der Waals surface area contributed by atoms with E-state index in [-0.39, 0.29) is 0 Å². The van der Waals surface area contributed by atoms with E-state index in [1.165, 1.54) is 17.5 Å². The van der Waals surface area contributed by atoms with Gasteiger partial charge in [-0.15, -0.1) is 0 Å². The predicted molar refractivity (Wildman–Crippen MR) is 61.5 cm³/mol. The van der Waals surface area contributed by atoms with Crippen LogP contribution < -0.4 is 0 Å². The molecule has 3 rings (SSSR count). The lowest BCUT2D eigenvalue weighted by Crippen LogP contribution is -2.27. The Bertz CT molecular complexity index is 436. The number of hydrogen-bond donors (Lipinski definition) is 1. The van der Waals surface area contributed by atoms with Crippen LogP contribution in [0, 0.1) is 5.92 Å². The Labute approximate surface area is 95.3 Å². The molecule has 2 aliphatic rings. The fraction of sp³-hybridized carbons (Fsp3) is 0.500. The van der Waals surface area contributed by atoms with E-state index in [9.17, 15) is 9.90 Å². The molecule has 2 nitrogen and oxygen atoms in total. The Kier molecular flexibility index (Phi) is 2.23. The lowest BCUT2D eigenvalue weighted by molar-refractivity contribution is -0.121. The van der Waals surface area contributed by atoms with E-state index in [1.54, 1.807) is 6.07 Å². The molecule has 1 aromatic rings. The fourth-order valence-electron chi connectivity index (χ4n) is 3.28. The molecule has 0 aliphatic heterocycles. The van der Waals surface area contributed by atoms with Crippen LogP contribution in [0.25, 0.3) is 0 Å². The van der Waals surface area contributed by atoms with Crippen LogP contribution in [0.2, 0.25) is 0 Å². The third-order valence-electron chi connectivity index (χ3n) is 4.12. The van der Waals surface area contributed by atoms with Crippen LogP contribution in [0.15, 0.2) is 18.2 Å². The first-order valence-electron chi connectivity index (χ1n) is 6.07. The van der Waals surface area contributed by atoms with Crippen LogP contribution in [0.4, 0.5) is 0 Å². The largest absolute Gasteiger partial charge is 0.508 e. The van der Waals surface area contributed by atoms with Gasteiger partial charge in [0.2, 0.25) is 0 Å². The van der Waals surface area contributed by atoms with Crippen LogP contribution in [0.1, 0.15) is 42.7 Å². The molecule has 0 radical (unpaired) electrons. The summed E-state index contributed by atoms with van der Waals surface area (Å²) in [6.45, 7) is 0.